The van der Waals surface area contributed by atoms with Crippen LogP contribution in [0.2, 0.25) is 0 Å². The van der Waals surface area contributed by atoms with Gasteiger partial charge in [-0.3, -0.25) is 4.79 Å². The van der Waals surface area contributed by atoms with Crippen LogP contribution in [-0.2, 0) is 0 Å². The average Bonchev–Trinajstić information content (AvgIpc) is 2.45. The lowest BCUT2D eigenvalue weighted by molar-refractivity contribution is 0.0946. The van der Waals surface area contributed by atoms with Gasteiger partial charge >= 0.3 is 0 Å². The first-order valence-electron chi connectivity index (χ1n) is 8.53. The van der Waals surface area contributed by atoms with Gasteiger partial charge in [-0.25, -0.2) is 0 Å². The van der Waals surface area contributed by atoms with Crippen LogP contribution in [0.4, 0.5) is 0 Å². The van der Waals surface area contributed by atoms with E-state index in [1.54, 1.807) is 0 Å². The summed E-state index contributed by atoms with van der Waals surface area (Å²) in [6, 6.07) is 6.03. The summed E-state index contributed by atoms with van der Waals surface area (Å²) in [5.74, 6) is 1.66. The molecule has 1 fully saturated rings. The number of amides is 1. The van der Waals surface area contributed by atoms with Crippen molar-refractivity contribution in [3.8, 4) is 0 Å². The zero-order valence-corrected chi connectivity index (χ0v) is 14.5. The third kappa shape index (κ3) is 4.84. The van der Waals surface area contributed by atoms with Crippen LogP contribution in [0.3, 0.4) is 0 Å². The van der Waals surface area contributed by atoms with Crippen molar-refractivity contribution >= 4 is 5.91 Å². The Kier molecular flexibility index (Phi) is 6.01. The number of piperidine rings is 1. The first-order chi connectivity index (χ1) is 10.5. The summed E-state index contributed by atoms with van der Waals surface area (Å²) in [4.78, 5) is 14.8. The molecule has 1 aliphatic heterocycles. The van der Waals surface area contributed by atoms with E-state index in [0.29, 0.717) is 0 Å². The smallest absolute Gasteiger partial charge is 0.251 e. The Morgan fingerprint density at radius 3 is 2.59 bits per heavy atom. The molecular formula is C19H30N2O. The Morgan fingerprint density at radius 2 is 1.91 bits per heavy atom. The minimum absolute atomic E-state index is 0.0570. The lowest BCUT2D eigenvalue weighted by atomic mass is 9.92. The van der Waals surface area contributed by atoms with Crippen molar-refractivity contribution in [3.63, 3.8) is 0 Å². The Balaban J connectivity index is 1.74. The first kappa shape index (κ1) is 17.0. The van der Waals surface area contributed by atoms with E-state index >= 15 is 0 Å². The fourth-order valence-corrected chi connectivity index (χ4v) is 3.55. The van der Waals surface area contributed by atoms with Crippen molar-refractivity contribution < 1.29 is 4.79 Å². The summed E-state index contributed by atoms with van der Waals surface area (Å²) >= 11 is 0. The minimum Gasteiger partial charge on any atom is -0.352 e. The molecule has 0 aromatic heterocycles. The van der Waals surface area contributed by atoms with Crippen molar-refractivity contribution in [2.24, 2.45) is 11.8 Å². The maximum absolute atomic E-state index is 12.2. The van der Waals surface area contributed by atoms with E-state index in [-0.39, 0.29) is 5.91 Å². The normalized spacial score (nSPS) is 22.5. The van der Waals surface area contributed by atoms with E-state index in [1.807, 2.05) is 32.0 Å². The lowest BCUT2D eigenvalue weighted by Gasteiger charge is -2.34. The van der Waals surface area contributed by atoms with E-state index in [9.17, 15) is 4.79 Å². The van der Waals surface area contributed by atoms with Gasteiger partial charge in [0.25, 0.3) is 5.91 Å². The number of carbonyl (C=O) groups excluding carboxylic acids is 1. The molecule has 1 saturated heterocycles. The highest BCUT2D eigenvalue weighted by Gasteiger charge is 2.21. The number of hydrogen-bond acceptors (Lipinski definition) is 2. The number of nitrogens with one attached hydrogen (secondary N) is 1. The van der Waals surface area contributed by atoms with Crippen LogP contribution in [0.1, 0.15) is 48.2 Å². The Labute approximate surface area is 135 Å². The molecule has 3 nitrogen and oxygen atoms in total. The van der Waals surface area contributed by atoms with Crippen LogP contribution in [0.5, 0.6) is 0 Å². The molecule has 1 amide bonds. The summed E-state index contributed by atoms with van der Waals surface area (Å²) in [5.41, 5.74) is 2.98. The van der Waals surface area contributed by atoms with E-state index in [4.69, 9.17) is 0 Å². The zero-order chi connectivity index (χ0) is 16.1. The highest BCUT2D eigenvalue weighted by molar-refractivity contribution is 5.95. The van der Waals surface area contributed by atoms with Crippen LogP contribution >= 0.6 is 0 Å². The predicted molar refractivity (Wildman–Crippen MR) is 92.3 cm³/mol. The molecule has 0 bridgehead atoms. The minimum atomic E-state index is 0.0570. The molecule has 22 heavy (non-hydrogen) atoms. The Hall–Kier alpha value is -1.35. The van der Waals surface area contributed by atoms with E-state index < -0.39 is 0 Å². The van der Waals surface area contributed by atoms with Gasteiger partial charge in [-0.1, -0.05) is 31.5 Å². The summed E-state index contributed by atoms with van der Waals surface area (Å²) < 4.78 is 0. The Morgan fingerprint density at radius 1 is 1.23 bits per heavy atom. The molecule has 3 heteroatoms. The standard InChI is InChI=1S/C19H30N2O/c1-14-6-7-17(4)18(11-14)19(22)20-8-5-9-21-12-15(2)10-16(3)13-21/h6-7,11,15-16H,5,8-10,12-13H2,1-4H3,(H,20,22). The van der Waals surface area contributed by atoms with Crippen molar-refractivity contribution in [1.82, 2.24) is 10.2 Å². The molecule has 2 unspecified atom stereocenters. The van der Waals surface area contributed by atoms with Gasteiger partial charge in [0.05, 0.1) is 0 Å². The van der Waals surface area contributed by atoms with Gasteiger partial charge in [-0.2, -0.15) is 0 Å². The molecule has 0 radical (unpaired) electrons. The van der Waals surface area contributed by atoms with Crippen molar-refractivity contribution in [3.05, 3.63) is 34.9 Å². The topological polar surface area (TPSA) is 32.3 Å². The number of likely N-dealkylation sites (tertiary alicyclic amines) is 1. The molecule has 0 aliphatic carbocycles. The molecule has 2 rings (SSSR count). The molecule has 1 heterocycles. The number of nitrogens with zero attached hydrogens (tertiary/aromatic N) is 1. The van der Waals surface area contributed by atoms with Gasteiger partial charge in [-0.05, 0) is 56.7 Å². The highest BCUT2D eigenvalue weighted by Crippen LogP contribution is 2.20. The molecular weight excluding hydrogens is 272 g/mol. The third-order valence-electron chi connectivity index (χ3n) is 4.52. The molecule has 1 N–H and O–H groups in total. The molecule has 1 aliphatic rings. The number of rotatable bonds is 5. The van der Waals surface area contributed by atoms with Gasteiger partial charge in [-0.15, -0.1) is 0 Å². The summed E-state index contributed by atoms with van der Waals surface area (Å²) in [6.07, 6.45) is 2.37. The van der Waals surface area contributed by atoms with Crippen LogP contribution in [0.25, 0.3) is 0 Å². The van der Waals surface area contributed by atoms with Gasteiger partial charge < -0.3 is 10.2 Å². The fourth-order valence-electron chi connectivity index (χ4n) is 3.55. The van der Waals surface area contributed by atoms with Crippen molar-refractivity contribution in [2.75, 3.05) is 26.2 Å². The number of benzene rings is 1. The summed E-state index contributed by atoms with van der Waals surface area (Å²) in [5, 5.41) is 3.06. The van der Waals surface area contributed by atoms with E-state index in [1.165, 1.54) is 19.5 Å². The van der Waals surface area contributed by atoms with Gasteiger partial charge in [0.1, 0.15) is 0 Å². The SMILES string of the molecule is Cc1ccc(C)c(C(=O)NCCCN2CC(C)CC(C)C2)c1. The fraction of sp³-hybridized carbons (Fsp3) is 0.632. The largest absolute Gasteiger partial charge is 0.352 e. The van der Waals surface area contributed by atoms with Crippen molar-refractivity contribution in [2.45, 2.75) is 40.5 Å². The second-order valence-electron chi connectivity index (χ2n) is 7.13. The average molecular weight is 302 g/mol. The van der Waals surface area contributed by atoms with Crippen LogP contribution in [-0.4, -0.2) is 37.0 Å². The summed E-state index contributed by atoms with van der Waals surface area (Å²) in [7, 11) is 0. The number of aryl methyl sites for hydroxylation is 2. The van der Waals surface area contributed by atoms with Gasteiger partial charge in [0.15, 0.2) is 0 Å². The molecule has 122 valence electrons. The monoisotopic (exact) mass is 302 g/mol. The van der Waals surface area contributed by atoms with Crippen LogP contribution in [0.15, 0.2) is 18.2 Å². The van der Waals surface area contributed by atoms with Crippen LogP contribution in [0, 0.1) is 25.7 Å². The first-order valence-corrected chi connectivity index (χ1v) is 8.53. The molecule has 1 aromatic carbocycles. The van der Waals surface area contributed by atoms with E-state index in [0.717, 1.165) is 48.0 Å². The number of hydrogen-bond donors (Lipinski definition) is 1. The molecule has 0 spiro atoms. The van der Waals surface area contributed by atoms with Crippen LogP contribution < -0.4 is 5.32 Å². The second kappa shape index (κ2) is 7.77. The molecule has 1 aromatic rings. The van der Waals surface area contributed by atoms with Gasteiger partial charge in [0.2, 0.25) is 0 Å². The summed E-state index contributed by atoms with van der Waals surface area (Å²) in [6.45, 7) is 12.9. The van der Waals surface area contributed by atoms with Gasteiger partial charge in [0, 0.05) is 25.2 Å². The van der Waals surface area contributed by atoms with E-state index in [2.05, 4.69) is 24.1 Å². The predicted octanol–water partition coefficient (Wildman–Crippen LogP) is 3.40. The molecule has 2 atom stereocenters. The molecule has 0 saturated carbocycles. The number of carbonyl (C=O) groups is 1. The quantitative estimate of drug-likeness (QED) is 0.846. The third-order valence-corrected chi connectivity index (χ3v) is 4.52. The Bertz CT molecular complexity index is 502. The lowest BCUT2D eigenvalue weighted by Crippen LogP contribution is -2.40. The van der Waals surface area contributed by atoms with Crippen molar-refractivity contribution in [1.29, 1.82) is 0 Å². The second-order valence-corrected chi connectivity index (χ2v) is 7.13. The maximum Gasteiger partial charge on any atom is 0.251 e. The zero-order valence-electron chi connectivity index (χ0n) is 14.5. The maximum atomic E-state index is 12.2. The highest BCUT2D eigenvalue weighted by atomic mass is 16.1.